The van der Waals surface area contributed by atoms with Gasteiger partial charge in [-0.1, -0.05) is 47.6 Å². The molecule has 0 spiro atoms. The number of hydrogen-bond donors (Lipinski definition) is 2. The number of allylic oxidation sites excluding steroid dienone is 1. The number of aryl methyl sites for hydroxylation is 2. The maximum atomic E-state index is 13.2. The molecule has 2 amide bonds. The quantitative estimate of drug-likeness (QED) is 0.443. The van der Waals surface area contributed by atoms with E-state index in [1.165, 1.54) is 0 Å². The highest BCUT2D eigenvalue weighted by Crippen LogP contribution is 2.36. The number of benzene rings is 2. The average Bonchev–Trinajstić information content (AvgIpc) is 3.24. The number of carbonyl (C=O) groups excluding carboxylic acids is 2. The number of hydrogen-bond acceptors (Lipinski definition) is 7. The zero-order valence-electron chi connectivity index (χ0n) is 22.8. The molecule has 9 nitrogen and oxygen atoms in total. The van der Waals surface area contributed by atoms with Gasteiger partial charge in [-0.2, -0.15) is 5.26 Å². The second-order valence-electron chi connectivity index (χ2n) is 10.1. The first-order valence-corrected chi connectivity index (χ1v) is 13.4. The maximum absolute atomic E-state index is 13.2. The van der Waals surface area contributed by atoms with E-state index in [1.807, 2.05) is 67.6 Å². The molecule has 2 heterocycles. The molecule has 40 heavy (non-hydrogen) atoms. The Morgan fingerprint density at radius 2 is 1.93 bits per heavy atom. The summed E-state index contributed by atoms with van der Waals surface area (Å²) in [5, 5.41) is 20.3. The van der Waals surface area contributed by atoms with Crippen molar-refractivity contribution in [2.75, 3.05) is 25.0 Å². The molecule has 2 aliphatic rings. The third-order valence-electron chi connectivity index (χ3n) is 7.54. The zero-order chi connectivity index (χ0) is 28.2. The summed E-state index contributed by atoms with van der Waals surface area (Å²) in [6, 6.07) is 17.5. The van der Waals surface area contributed by atoms with Crippen LogP contribution >= 0.6 is 0 Å². The first-order valence-electron chi connectivity index (χ1n) is 13.4. The smallest absolute Gasteiger partial charge is 0.258 e. The Morgan fingerprint density at radius 3 is 2.67 bits per heavy atom. The Balaban J connectivity index is 1.25. The fourth-order valence-corrected chi connectivity index (χ4v) is 5.40. The maximum Gasteiger partial charge on any atom is 0.258 e. The summed E-state index contributed by atoms with van der Waals surface area (Å²) in [6.45, 7) is 4.62. The van der Waals surface area contributed by atoms with Crippen molar-refractivity contribution in [3.8, 4) is 6.07 Å². The van der Waals surface area contributed by atoms with Gasteiger partial charge in [0.25, 0.3) is 5.91 Å². The van der Waals surface area contributed by atoms with Gasteiger partial charge in [0.15, 0.2) is 0 Å². The fourth-order valence-electron chi connectivity index (χ4n) is 5.40. The van der Waals surface area contributed by atoms with Crippen LogP contribution < -0.4 is 15.5 Å². The molecule has 5 rings (SSSR count). The zero-order valence-corrected chi connectivity index (χ0v) is 22.8. The van der Waals surface area contributed by atoms with E-state index in [1.54, 1.807) is 18.9 Å². The Morgan fingerprint density at radius 1 is 1.18 bits per heavy atom. The fraction of sp³-hybridized carbons (Fsp3) is 0.323. The molecule has 0 fully saturated rings. The number of nitrogens with one attached hydrogen (secondary N) is 2. The lowest BCUT2D eigenvalue weighted by Gasteiger charge is -2.23. The first kappa shape index (κ1) is 27.0. The number of carbonyl (C=O) groups is 2. The minimum absolute atomic E-state index is 0.0369. The van der Waals surface area contributed by atoms with Gasteiger partial charge in [-0.25, -0.2) is 0 Å². The summed E-state index contributed by atoms with van der Waals surface area (Å²) in [5.41, 5.74) is 5.70. The summed E-state index contributed by atoms with van der Waals surface area (Å²) in [6.07, 6.45) is 4.38. The lowest BCUT2D eigenvalue weighted by atomic mass is 9.90. The van der Waals surface area contributed by atoms with Gasteiger partial charge in [0, 0.05) is 36.4 Å². The first-order chi connectivity index (χ1) is 19.4. The molecule has 3 aromatic rings. The Kier molecular flexibility index (Phi) is 7.89. The van der Waals surface area contributed by atoms with Crippen molar-refractivity contribution in [1.82, 2.24) is 15.8 Å². The lowest BCUT2D eigenvalue weighted by molar-refractivity contribution is -0.120. The minimum atomic E-state index is -0.417. The van der Waals surface area contributed by atoms with Crippen LogP contribution in [0.3, 0.4) is 0 Å². The number of amides is 2. The molecule has 0 saturated carbocycles. The van der Waals surface area contributed by atoms with Gasteiger partial charge in [-0.3, -0.25) is 14.6 Å². The normalized spacial score (nSPS) is 20.9. The van der Waals surface area contributed by atoms with Crippen molar-refractivity contribution in [1.29, 1.82) is 5.26 Å². The van der Waals surface area contributed by atoms with Gasteiger partial charge < -0.3 is 20.1 Å². The van der Waals surface area contributed by atoms with E-state index in [9.17, 15) is 14.9 Å². The molecular weight excluding hydrogens is 504 g/mol. The number of para-hydroxylation sites is 1. The molecule has 2 aromatic carbocycles. The molecule has 3 unspecified atom stereocenters. The van der Waals surface area contributed by atoms with Crippen LogP contribution in [0.2, 0.25) is 0 Å². The topological polar surface area (TPSA) is 124 Å². The van der Waals surface area contributed by atoms with E-state index in [2.05, 4.69) is 21.9 Å². The highest BCUT2D eigenvalue weighted by molar-refractivity contribution is 6.08. The summed E-state index contributed by atoms with van der Waals surface area (Å²) in [7, 11) is 1.80. The van der Waals surface area contributed by atoms with Crippen LogP contribution in [-0.4, -0.2) is 48.9 Å². The van der Waals surface area contributed by atoms with Crippen LogP contribution in [0, 0.1) is 31.1 Å². The number of fused-ring (bicyclic) bond motifs is 2. The third-order valence-corrected chi connectivity index (χ3v) is 7.54. The summed E-state index contributed by atoms with van der Waals surface area (Å²) in [4.78, 5) is 32.2. The molecule has 1 aliphatic heterocycles. The van der Waals surface area contributed by atoms with Gasteiger partial charge in [0.2, 0.25) is 5.91 Å². The molecule has 1 aromatic heterocycles. The van der Waals surface area contributed by atoms with Gasteiger partial charge in [-0.05, 0) is 49.6 Å². The number of aliphatic imine (C=N–C) groups is 1. The molecule has 0 bridgehead atoms. The monoisotopic (exact) mass is 536 g/mol. The van der Waals surface area contributed by atoms with Crippen molar-refractivity contribution in [3.63, 3.8) is 0 Å². The van der Waals surface area contributed by atoms with Gasteiger partial charge in [0.05, 0.1) is 42.4 Å². The van der Waals surface area contributed by atoms with Crippen LogP contribution in [0.25, 0.3) is 0 Å². The van der Waals surface area contributed by atoms with Crippen LogP contribution in [0.5, 0.6) is 0 Å². The van der Waals surface area contributed by atoms with Gasteiger partial charge >= 0.3 is 0 Å². The van der Waals surface area contributed by atoms with Crippen molar-refractivity contribution >= 4 is 23.2 Å². The van der Waals surface area contributed by atoms with E-state index < -0.39 is 5.92 Å². The summed E-state index contributed by atoms with van der Waals surface area (Å²) in [5.74, 6) is 0.0442. The highest BCUT2D eigenvalue weighted by atomic mass is 16.5. The Labute approximate surface area is 233 Å². The molecule has 2 N–H and O–H groups in total. The van der Waals surface area contributed by atoms with Crippen LogP contribution in [0.4, 0.5) is 5.69 Å². The number of nitrogens with zero attached hydrogens (tertiary/aromatic N) is 4. The molecule has 3 atom stereocenters. The second-order valence-corrected chi connectivity index (χ2v) is 10.1. The molecule has 0 saturated heterocycles. The number of aromatic nitrogens is 1. The predicted octanol–water partition coefficient (Wildman–Crippen LogP) is 3.83. The molecule has 9 heteroatoms. The summed E-state index contributed by atoms with van der Waals surface area (Å²) >= 11 is 0. The van der Waals surface area contributed by atoms with E-state index in [4.69, 9.17) is 9.52 Å². The van der Waals surface area contributed by atoms with E-state index >= 15 is 0 Å². The number of rotatable bonds is 7. The largest absolute Gasteiger partial charge is 0.361 e. The average molecular weight is 537 g/mol. The number of anilines is 1. The third kappa shape index (κ3) is 5.44. The van der Waals surface area contributed by atoms with Gasteiger partial charge in [0.1, 0.15) is 5.76 Å². The molecule has 0 radical (unpaired) electrons. The van der Waals surface area contributed by atoms with E-state index in [0.29, 0.717) is 42.2 Å². The molecule has 1 aliphatic carbocycles. The lowest BCUT2D eigenvalue weighted by Crippen LogP contribution is -2.39. The van der Waals surface area contributed by atoms with Crippen LogP contribution in [0.15, 0.2) is 70.2 Å². The Hall–Kier alpha value is -4.55. The predicted molar refractivity (Wildman–Crippen MR) is 152 cm³/mol. The van der Waals surface area contributed by atoms with Crippen molar-refractivity contribution in [2.24, 2.45) is 10.9 Å². The van der Waals surface area contributed by atoms with Gasteiger partial charge in [-0.15, -0.1) is 0 Å². The molecule has 204 valence electrons. The van der Waals surface area contributed by atoms with Crippen molar-refractivity contribution < 1.29 is 14.1 Å². The molecular formula is C31H32N6O3. The van der Waals surface area contributed by atoms with Crippen LogP contribution in [0.1, 0.15) is 51.0 Å². The Bertz CT molecular complexity index is 1510. The van der Waals surface area contributed by atoms with E-state index in [0.717, 1.165) is 22.4 Å². The second kappa shape index (κ2) is 11.7. The van der Waals surface area contributed by atoms with E-state index in [-0.39, 0.29) is 30.3 Å². The van der Waals surface area contributed by atoms with Crippen LogP contribution in [-0.2, 0) is 11.2 Å². The number of nitriles is 1. The standard InChI is InChI=1S/C31H32N6O3/c1-19-26(20(2)40-36-19)17-29(38)35-22-12-13-27(21(16-22)18-32)33-14-15-34-30-23-8-4-5-9-24(23)31(39)37(3)28-11-7-6-10-25(28)30/h4-13,21-22,30,34H,14-17H2,1-3H3,(H,35,38). The SMILES string of the molecule is Cc1noc(C)c1CC(=O)NC1C=CC(=NCCNC2c3ccccc3C(=O)N(C)c3ccccc32)C(C#N)C1. The summed E-state index contributed by atoms with van der Waals surface area (Å²) < 4.78 is 5.15. The highest BCUT2D eigenvalue weighted by Gasteiger charge is 2.30. The van der Waals surface area contributed by atoms with Crippen molar-refractivity contribution in [3.05, 3.63) is 94.4 Å². The minimum Gasteiger partial charge on any atom is -0.361 e. The van der Waals surface area contributed by atoms with Crippen molar-refractivity contribution in [2.45, 2.75) is 38.8 Å².